The number of nitrogens with one attached hydrogen (secondary N) is 1. The average Bonchev–Trinajstić information content (AvgIpc) is 2.76. The first-order valence-corrected chi connectivity index (χ1v) is 11.1. The molecule has 2 aromatic rings. The number of likely N-dealkylation sites (tertiary alicyclic amines) is 1. The Labute approximate surface area is 188 Å². The van der Waals surface area contributed by atoms with Crippen molar-refractivity contribution < 1.29 is 19.1 Å². The summed E-state index contributed by atoms with van der Waals surface area (Å²) in [6.45, 7) is 5.72. The second-order valence-corrected chi connectivity index (χ2v) is 8.63. The van der Waals surface area contributed by atoms with Crippen molar-refractivity contribution in [3.05, 3.63) is 41.2 Å². The number of Topliss-reactive ketones (excluding diaryl/α,β-unsaturated/α-hetero) is 1. The normalized spacial score (nSPS) is 17.0. The second-order valence-electron chi connectivity index (χ2n) is 8.63. The molecule has 0 bridgehead atoms. The largest absolute Gasteiger partial charge is 0.497 e. The number of carbonyl (C=O) groups is 2. The molecular weight excluding hydrogens is 408 g/mol. The topological polar surface area (TPSA) is 93.7 Å². The number of nitrogens with zero attached hydrogens (tertiary/aromatic N) is 3. The monoisotopic (exact) mass is 438 g/mol. The number of methoxy groups -OCH3 is 1. The van der Waals surface area contributed by atoms with Gasteiger partial charge < -0.3 is 19.7 Å². The van der Waals surface area contributed by atoms with E-state index in [1.807, 2.05) is 24.8 Å². The summed E-state index contributed by atoms with van der Waals surface area (Å²) in [7, 11) is 1.58. The molecular formula is C24H30N4O4. The number of fused-ring (bicyclic) bond motifs is 1. The summed E-state index contributed by atoms with van der Waals surface area (Å²) in [6, 6.07) is 7.27. The number of aromatic nitrogens is 2. The number of ketones is 1. The van der Waals surface area contributed by atoms with Gasteiger partial charge in [0.1, 0.15) is 17.1 Å². The Balaban J connectivity index is 1.26. The summed E-state index contributed by atoms with van der Waals surface area (Å²) in [6.07, 6.45) is 2.83. The van der Waals surface area contributed by atoms with E-state index in [4.69, 9.17) is 9.47 Å². The van der Waals surface area contributed by atoms with Gasteiger partial charge in [0.25, 0.3) is 0 Å². The van der Waals surface area contributed by atoms with Gasteiger partial charge >= 0.3 is 0 Å². The van der Waals surface area contributed by atoms with Crippen LogP contribution < -0.4 is 14.8 Å². The maximum Gasteiger partial charge on any atom is 0.223 e. The van der Waals surface area contributed by atoms with E-state index in [1.165, 1.54) is 0 Å². The predicted molar refractivity (Wildman–Crippen MR) is 120 cm³/mol. The second kappa shape index (κ2) is 9.14. The van der Waals surface area contributed by atoms with Crippen molar-refractivity contribution in [1.29, 1.82) is 0 Å². The molecule has 2 aliphatic heterocycles. The Bertz CT molecular complexity index is 995. The van der Waals surface area contributed by atoms with Crippen LogP contribution in [0.4, 0.5) is 5.95 Å². The Kier molecular flexibility index (Phi) is 6.30. The molecule has 4 rings (SSSR count). The van der Waals surface area contributed by atoms with Crippen LogP contribution in [0.5, 0.6) is 11.5 Å². The first-order valence-electron chi connectivity index (χ1n) is 11.1. The lowest BCUT2D eigenvalue weighted by molar-refractivity contribution is -0.134. The van der Waals surface area contributed by atoms with Crippen molar-refractivity contribution >= 4 is 17.6 Å². The Morgan fingerprint density at radius 2 is 1.91 bits per heavy atom. The first kappa shape index (κ1) is 22.0. The van der Waals surface area contributed by atoms with Crippen molar-refractivity contribution in [3.63, 3.8) is 0 Å². The molecule has 1 N–H and O–H groups in total. The molecule has 2 aliphatic rings. The van der Waals surface area contributed by atoms with Crippen LogP contribution in [0.3, 0.4) is 0 Å². The van der Waals surface area contributed by atoms with Crippen LogP contribution in [0.1, 0.15) is 53.8 Å². The van der Waals surface area contributed by atoms with E-state index in [0.717, 1.165) is 11.4 Å². The van der Waals surface area contributed by atoms with Gasteiger partial charge in [-0.25, -0.2) is 9.97 Å². The molecule has 32 heavy (non-hydrogen) atoms. The Morgan fingerprint density at radius 1 is 1.19 bits per heavy atom. The molecule has 1 amide bonds. The van der Waals surface area contributed by atoms with E-state index in [1.54, 1.807) is 25.3 Å². The van der Waals surface area contributed by atoms with E-state index >= 15 is 0 Å². The minimum absolute atomic E-state index is 0.0737. The molecule has 170 valence electrons. The lowest BCUT2D eigenvalue weighted by Gasteiger charge is -2.44. The van der Waals surface area contributed by atoms with Gasteiger partial charge in [-0.15, -0.1) is 0 Å². The molecule has 0 radical (unpaired) electrons. The number of anilines is 1. The highest BCUT2D eigenvalue weighted by molar-refractivity contribution is 6.00. The van der Waals surface area contributed by atoms with Gasteiger partial charge in [0.2, 0.25) is 11.9 Å². The third kappa shape index (κ3) is 4.84. The summed E-state index contributed by atoms with van der Waals surface area (Å²) in [5.41, 5.74) is 1.90. The fourth-order valence-electron chi connectivity index (χ4n) is 4.45. The Hall–Kier alpha value is -3.16. The maximum absolute atomic E-state index is 12.7. The van der Waals surface area contributed by atoms with Crippen molar-refractivity contribution in [1.82, 2.24) is 14.9 Å². The smallest absolute Gasteiger partial charge is 0.223 e. The van der Waals surface area contributed by atoms with Crippen molar-refractivity contribution in [2.75, 3.05) is 32.1 Å². The van der Waals surface area contributed by atoms with Crippen LogP contribution in [-0.2, 0) is 4.79 Å². The summed E-state index contributed by atoms with van der Waals surface area (Å²) in [4.78, 5) is 36.0. The zero-order chi connectivity index (χ0) is 22.7. The summed E-state index contributed by atoms with van der Waals surface area (Å²) >= 11 is 0. The number of rotatable bonds is 6. The SMILES string of the molecule is COc1ccc2c(c1)C(=O)CC1(CCN(C(=O)CCCNc3nc(C)cc(C)n3)CC1)O2. The summed E-state index contributed by atoms with van der Waals surface area (Å²) in [5, 5.41) is 3.19. The fourth-order valence-corrected chi connectivity index (χ4v) is 4.45. The van der Waals surface area contributed by atoms with Crippen LogP contribution >= 0.6 is 0 Å². The molecule has 1 spiro atoms. The minimum Gasteiger partial charge on any atom is -0.497 e. The van der Waals surface area contributed by atoms with Crippen LogP contribution in [-0.4, -0.2) is 58.9 Å². The zero-order valence-electron chi connectivity index (χ0n) is 18.9. The van der Waals surface area contributed by atoms with Gasteiger partial charge in [-0.2, -0.15) is 0 Å². The van der Waals surface area contributed by atoms with E-state index in [9.17, 15) is 9.59 Å². The molecule has 1 fully saturated rings. The maximum atomic E-state index is 12.7. The van der Waals surface area contributed by atoms with Gasteiger partial charge in [-0.1, -0.05) is 0 Å². The summed E-state index contributed by atoms with van der Waals surface area (Å²) in [5.74, 6) is 2.07. The molecule has 0 aliphatic carbocycles. The number of piperidine rings is 1. The molecule has 0 saturated carbocycles. The van der Waals surface area contributed by atoms with E-state index < -0.39 is 5.60 Å². The van der Waals surface area contributed by atoms with Crippen molar-refractivity contribution in [2.45, 2.75) is 51.6 Å². The van der Waals surface area contributed by atoms with Crippen molar-refractivity contribution in [2.24, 2.45) is 0 Å². The van der Waals surface area contributed by atoms with Crippen molar-refractivity contribution in [3.8, 4) is 11.5 Å². The van der Waals surface area contributed by atoms with Gasteiger partial charge in [0.05, 0.1) is 19.1 Å². The van der Waals surface area contributed by atoms with Crippen LogP contribution in [0.2, 0.25) is 0 Å². The van der Waals surface area contributed by atoms with Gasteiger partial charge in [0.15, 0.2) is 5.78 Å². The third-order valence-corrected chi connectivity index (χ3v) is 6.16. The molecule has 1 aromatic carbocycles. The number of carbonyl (C=O) groups excluding carboxylic acids is 2. The zero-order valence-corrected chi connectivity index (χ0v) is 18.9. The number of amides is 1. The number of hydrogen-bond acceptors (Lipinski definition) is 7. The predicted octanol–water partition coefficient (Wildman–Crippen LogP) is 3.32. The molecule has 8 nitrogen and oxygen atoms in total. The standard InChI is InChI=1S/C24H30N4O4/c1-16-13-17(2)27-23(26-16)25-10-4-5-22(30)28-11-8-24(9-12-28)15-20(29)19-14-18(31-3)6-7-21(19)32-24/h6-7,13-14H,4-5,8-12,15H2,1-3H3,(H,25,26,27). The summed E-state index contributed by atoms with van der Waals surface area (Å²) < 4.78 is 11.5. The number of benzene rings is 1. The number of hydrogen-bond donors (Lipinski definition) is 1. The average molecular weight is 439 g/mol. The molecule has 0 unspecified atom stereocenters. The molecule has 1 aromatic heterocycles. The van der Waals surface area contributed by atoms with Crippen LogP contribution in [0, 0.1) is 13.8 Å². The van der Waals surface area contributed by atoms with E-state index in [2.05, 4.69) is 15.3 Å². The number of ether oxygens (including phenoxy) is 2. The fraction of sp³-hybridized carbons (Fsp3) is 0.500. The molecule has 3 heterocycles. The first-order chi connectivity index (χ1) is 15.4. The lowest BCUT2D eigenvalue weighted by atomic mass is 9.82. The molecule has 8 heteroatoms. The highest BCUT2D eigenvalue weighted by Gasteiger charge is 2.43. The van der Waals surface area contributed by atoms with E-state index in [0.29, 0.717) is 74.7 Å². The number of aryl methyl sites for hydroxylation is 2. The lowest BCUT2D eigenvalue weighted by Crippen LogP contribution is -2.52. The quantitative estimate of drug-likeness (QED) is 0.692. The third-order valence-electron chi connectivity index (χ3n) is 6.16. The molecule has 0 atom stereocenters. The Morgan fingerprint density at radius 3 is 2.59 bits per heavy atom. The van der Waals surface area contributed by atoms with Crippen LogP contribution in [0.15, 0.2) is 24.3 Å². The van der Waals surface area contributed by atoms with E-state index in [-0.39, 0.29) is 11.7 Å². The van der Waals surface area contributed by atoms with Gasteiger partial charge in [-0.05, 0) is 44.5 Å². The van der Waals surface area contributed by atoms with Gasteiger partial charge in [-0.3, -0.25) is 9.59 Å². The van der Waals surface area contributed by atoms with Crippen LogP contribution in [0.25, 0.3) is 0 Å². The minimum atomic E-state index is -0.516. The van der Waals surface area contributed by atoms with Gasteiger partial charge in [0, 0.05) is 50.3 Å². The highest BCUT2D eigenvalue weighted by atomic mass is 16.5. The molecule has 1 saturated heterocycles. The highest BCUT2D eigenvalue weighted by Crippen LogP contribution is 2.40.